The number of carbonyl (C=O) groups excluding carboxylic acids is 1. The molecule has 1 aromatic heterocycles. The highest BCUT2D eigenvalue weighted by Gasteiger charge is 2.33. The molecule has 0 spiro atoms. The zero-order valence-corrected chi connectivity index (χ0v) is 12.2. The minimum absolute atomic E-state index is 0.0781. The highest BCUT2D eigenvalue weighted by Crippen LogP contribution is 2.29. The molecule has 21 heavy (non-hydrogen) atoms. The topological polar surface area (TPSA) is 46.3 Å². The molecule has 0 aliphatic heterocycles. The second kappa shape index (κ2) is 5.93. The van der Waals surface area contributed by atoms with Crippen molar-refractivity contribution < 1.29 is 18.0 Å². The molecule has 1 heterocycles. The van der Waals surface area contributed by atoms with Gasteiger partial charge in [0.05, 0.1) is 4.88 Å². The van der Waals surface area contributed by atoms with Crippen LogP contribution in [0.2, 0.25) is 0 Å². The lowest BCUT2D eigenvalue weighted by Gasteiger charge is -2.22. The Morgan fingerprint density at radius 3 is 2.67 bits per heavy atom. The quantitative estimate of drug-likeness (QED) is 0.870. The van der Waals surface area contributed by atoms with Crippen molar-refractivity contribution in [3.05, 3.63) is 29.1 Å². The molecule has 0 bridgehead atoms. The van der Waals surface area contributed by atoms with E-state index in [0.29, 0.717) is 17.0 Å². The van der Waals surface area contributed by atoms with Gasteiger partial charge in [0.1, 0.15) is 6.54 Å². The normalized spacial score (nSPS) is 11.8. The van der Waals surface area contributed by atoms with E-state index >= 15 is 0 Å². The third-order valence-electron chi connectivity index (χ3n) is 2.90. The smallest absolute Gasteiger partial charge is 0.399 e. The van der Waals surface area contributed by atoms with Crippen molar-refractivity contribution >= 4 is 33.0 Å². The standard InChI is InChI=1S/C14H15F3N2OS/c1-2-5-19(8-14(15,16)17)13(20)12-7-9-6-10(18)3-4-11(9)21-12/h3-4,6-7H,2,5,8,18H2,1H3. The number of anilines is 1. The van der Waals surface area contributed by atoms with Gasteiger partial charge in [0.15, 0.2) is 0 Å². The number of carbonyl (C=O) groups is 1. The Bertz CT molecular complexity index is 651. The van der Waals surface area contributed by atoms with E-state index < -0.39 is 18.6 Å². The van der Waals surface area contributed by atoms with Crippen molar-refractivity contribution in [2.24, 2.45) is 0 Å². The Hall–Kier alpha value is -1.76. The van der Waals surface area contributed by atoms with Crippen molar-refractivity contribution in [1.29, 1.82) is 0 Å². The molecule has 2 aromatic rings. The zero-order chi connectivity index (χ0) is 15.6. The molecular formula is C14H15F3N2OS. The fraction of sp³-hybridized carbons (Fsp3) is 0.357. The fourth-order valence-electron chi connectivity index (χ4n) is 2.06. The molecule has 7 heteroatoms. The molecule has 0 unspecified atom stereocenters. The molecule has 0 atom stereocenters. The first kappa shape index (κ1) is 15.6. The highest BCUT2D eigenvalue weighted by atomic mass is 32.1. The van der Waals surface area contributed by atoms with Crippen LogP contribution in [0, 0.1) is 0 Å². The van der Waals surface area contributed by atoms with Crippen LogP contribution in [0.25, 0.3) is 10.1 Å². The molecule has 0 fully saturated rings. The third-order valence-corrected chi connectivity index (χ3v) is 4.01. The molecule has 2 N–H and O–H groups in total. The summed E-state index contributed by atoms with van der Waals surface area (Å²) in [5, 5.41) is 0.770. The van der Waals surface area contributed by atoms with E-state index in [1.165, 1.54) is 11.3 Å². The summed E-state index contributed by atoms with van der Waals surface area (Å²) in [5.74, 6) is -0.589. The van der Waals surface area contributed by atoms with Gasteiger partial charge in [-0.1, -0.05) is 6.92 Å². The molecular weight excluding hydrogens is 301 g/mol. The first-order valence-electron chi connectivity index (χ1n) is 6.45. The van der Waals surface area contributed by atoms with Gasteiger partial charge in [-0.15, -0.1) is 11.3 Å². The van der Waals surface area contributed by atoms with Crippen LogP contribution >= 0.6 is 11.3 Å². The summed E-state index contributed by atoms with van der Waals surface area (Å²) in [4.78, 5) is 13.4. The number of nitrogens with two attached hydrogens (primary N) is 1. The lowest BCUT2D eigenvalue weighted by Crippen LogP contribution is -2.39. The molecule has 114 valence electrons. The lowest BCUT2D eigenvalue weighted by atomic mass is 10.2. The fourth-order valence-corrected chi connectivity index (χ4v) is 3.07. The van der Waals surface area contributed by atoms with E-state index in [9.17, 15) is 18.0 Å². The predicted molar refractivity (Wildman–Crippen MR) is 78.5 cm³/mol. The molecule has 1 amide bonds. The van der Waals surface area contributed by atoms with E-state index in [0.717, 1.165) is 15.0 Å². The number of amides is 1. The second-order valence-electron chi connectivity index (χ2n) is 4.75. The van der Waals surface area contributed by atoms with Gasteiger partial charge in [-0.3, -0.25) is 4.79 Å². The second-order valence-corrected chi connectivity index (χ2v) is 5.83. The number of hydrogen-bond acceptors (Lipinski definition) is 3. The van der Waals surface area contributed by atoms with Crippen LogP contribution in [-0.2, 0) is 0 Å². The van der Waals surface area contributed by atoms with E-state index in [2.05, 4.69) is 0 Å². The number of rotatable bonds is 4. The lowest BCUT2D eigenvalue weighted by molar-refractivity contribution is -0.140. The molecule has 0 saturated carbocycles. The van der Waals surface area contributed by atoms with E-state index in [1.54, 1.807) is 31.2 Å². The van der Waals surface area contributed by atoms with Crippen molar-refractivity contribution in [2.45, 2.75) is 19.5 Å². The summed E-state index contributed by atoms with van der Waals surface area (Å²) in [6, 6.07) is 6.76. The number of nitrogens with zero attached hydrogens (tertiary/aromatic N) is 1. The average molecular weight is 316 g/mol. The van der Waals surface area contributed by atoms with Crippen molar-refractivity contribution in [3.63, 3.8) is 0 Å². The summed E-state index contributed by atoms with van der Waals surface area (Å²) in [6.07, 6.45) is -3.92. The average Bonchev–Trinajstić information content (AvgIpc) is 2.78. The summed E-state index contributed by atoms with van der Waals surface area (Å²) in [7, 11) is 0. The van der Waals surface area contributed by atoms with Crippen LogP contribution in [0.5, 0.6) is 0 Å². The minimum atomic E-state index is -4.40. The zero-order valence-electron chi connectivity index (χ0n) is 11.4. The first-order valence-corrected chi connectivity index (χ1v) is 7.27. The van der Waals surface area contributed by atoms with Crippen LogP contribution < -0.4 is 5.73 Å². The van der Waals surface area contributed by atoms with Gasteiger partial charge in [0.25, 0.3) is 5.91 Å². The summed E-state index contributed by atoms with van der Waals surface area (Å²) < 4.78 is 38.5. The number of thiophene rings is 1. The maximum absolute atomic E-state index is 12.6. The summed E-state index contributed by atoms with van der Waals surface area (Å²) in [5.41, 5.74) is 6.22. The van der Waals surface area contributed by atoms with Crippen molar-refractivity contribution in [3.8, 4) is 0 Å². The van der Waals surface area contributed by atoms with Gasteiger partial charge in [-0.25, -0.2) is 0 Å². The number of benzene rings is 1. The van der Waals surface area contributed by atoms with Gasteiger partial charge in [-0.2, -0.15) is 13.2 Å². The van der Waals surface area contributed by atoms with Gasteiger partial charge in [-0.05, 0) is 36.1 Å². The Kier molecular flexibility index (Phi) is 4.41. The van der Waals surface area contributed by atoms with Crippen LogP contribution in [-0.4, -0.2) is 30.1 Å². The van der Waals surface area contributed by atoms with Crippen LogP contribution in [0.15, 0.2) is 24.3 Å². The Balaban J connectivity index is 2.29. The maximum atomic E-state index is 12.6. The predicted octanol–water partition coefficient (Wildman–Crippen LogP) is 3.90. The summed E-state index contributed by atoms with van der Waals surface area (Å²) >= 11 is 1.18. The molecule has 2 rings (SSSR count). The van der Waals surface area contributed by atoms with Crippen molar-refractivity contribution in [2.75, 3.05) is 18.8 Å². The Labute approximate surface area is 124 Å². The SMILES string of the molecule is CCCN(CC(F)(F)F)C(=O)c1cc2cc(N)ccc2s1. The number of hydrogen-bond donors (Lipinski definition) is 1. The van der Waals surface area contributed by atoms with Gasteiger partial charge < -0.3 is 10.6 Å². The number of alkyl halides is 3. The van der Waals surface area contributed by atoms with E-state index in [1.807, 2.05) is 0 Å². The molecule has 0 saturated heterocycles. The van der Waals surface area contributed by atoms with Crippen LogP contribution in [0.4, 0.5) is 18.9 Å². The van der Waals surface area contributed by atoms with Gasteiger partial charge >= 0.3 is 6.18 Å². The number of nitrogen functional groups attached to an aromatic ring is 1. The van der Waals surface area contributed by atoms with E-state index in [-0.39, 0.29) is 6.54 Å². The van der Waals surface area contributed by atoms with E-state index in [4.69, 9.17) is 5.73 Å². The number of halogens is 3. The molecule has 0 aliphatic carbocycles. The first-order chi connectivity index (χ1) is 9.80. The Morgan fingerprint density at radius 1 is 1.33 bits per heavy atom. The Morgan fingerprint density at radius 2 is 2.05 bits per heavy atom. The molecule has 0 aliphatic rings. The minimum Gasteiger partial charge on any atom is -0.399 e. The monoisotopic (exact) mass is 316 g/mol. The van der Waals surface area contributed by atoms with Crippen LogP contribution in [0.3, 0.4) is 0 Å². The largest absolute Gasteiger partial charge is 0.406 e. The highest BCUT2D eigenvalue weighted by molar-refractivity contribution is 7.20. The maximum Gasteiger partial charge on any atom is 0.406 e. The molecule has 0 radical (unpaired) electrons. The third kappa shape index (κ3) is 3.87. The molecule has 1 aromatic carbocycles. The van der Waals surface area contributed by atoms with Gasteiger partial charge in [0.2, 0.25) is 0 Å². The number of fused-ring (bicyclic) bond motifs is 1. The molecule has 3 nitrogen and oxygen atoms in total. The van der Waals surface area contributed by atoms with Gasteiger partial charge in [0, 0.05) is 16.9 Å². The van der Waals surface area contributed by atoms with Crippen LogP contribution in [0.1, 0.15) is 23.0 Å². The summed E-state index contributed by atoms with van der Waals surface area (Å²) in [6.45, 7) is 0.590. The van der Waals surface area contributed by atoms with Crippen molar-refractivity contribution in [1.82, 2.24) is 4.90 Å².